The number of anilines is 1. The zero-order chi connectivity index (χ0) is 17.2. The van der Waals surface area contributed by atoms with Crippen molar-refractivity contribution in [3.05, 3.63) is 72.6 Å². The molecule has 0 radical (unpaired) electrons. The van der Waals surface area contributed by atoms with Crippen LogP contribution in [-0.4, -0.2) is 21.0 Å². The van der Waals surface area contributed by atoms with Gasteiger partial charge < -0.3 is 10.4 Å². The van der Waals surface area contributed by atoms with Crippen LogP contribution in [0.1, 0.15) is 10.4 Å². The fraction of sp³-hybridized carbons (Fsp3) is 0. The van der Waals surface area contributed by atoms with Gasteiger partial charge in [0.25, 0.3) is 5.91 Å². The predicted molar refractivity (Wildman–Crippen MR) is 98.9 cm³/mol. The summed E-state index contributed by atoms with van der Waals surface area (Å²) in [5.41, 5.74) is 2.56. The normalized spacial score (nSPS) is 10.7. The first-order valence-electron chi connectivity index (χ1n) is 7.61. The number of phenolic OH excluding ortho intramolecular Hbond substituents is 1. The van der Waals surface area contributed by atoms with Crippen LogP contribution in [0.3, 0.4) is 0 Å². The molecule has 0 aliphatic heterocycles. The van der Waals surface area contributed by atoms with Gasteiger partial charge in [0, 0.05) is 29.7 Å². The molecule has 0 atom stereocenters. The van der Waals surface area contributed by atoms with Gasteiger partial charge in [-0.1, -0.05) is 12.1 Å². The molecular weight excluding hydrogens is 334 g/mol. The van der Waals surface area contributed by atoms with Crippen molar-refractivity contribution < 1.29 is 9.90 Å². The van der Waals surface area contributed by atoms with Crippen LogP contribution in [0.5, 0.6) is 5.75 Å². The number of benzene rings is 2. The highest BCUT2D eigenvalue weighted by molar-refractivity contribution is 7.21. The number of fused-ring (bicyclic) bond motifs is 1. The number of carbonyl (C=O) groups is 1. The molecule has 0 unspecified atom stereocenters. The van der Waals surface area contributed by atoms with Crippen LogP contribution in [0.2, 0.25) is 0 Å². The van der Waals surface area contributed by atoms with Crippen molar-refractivity contribution in [2.75, 3.05) is 5.32 Å². The number of amides is 1. The number of thiazole rings is 1. The van der Waals surface area contributed by atoms with E-state index in [0.717, 1.165) is 15.2 Å². The van der Waals surface area contributed by atoms with E-state index in [9.17, 15) is 9.90 Å². The molecule has 4 aromatic rings. The molecule has 0 saturated heterocycles. The molecule has 1 amide bonds. The van der Waals surface area contributed by atoms with E-state index < -0.39 is 0 Å². The Labute approximate surface area is 147 Å². The summed E-state index contributed by atoms with van der Waals surface area (Å²) >= 11 is 1.52. The summed E-state index contributed by atoms with van der Waals surface area (Å²) in [5.74, 6) is -0.180. The standard InChI is InChI=1S/C19H13N3O2S/c23-16-11-13(21-18(24)12-7-9-20-10-8-12)5-6-14(16)19-22-15-3-1-2-4-17(15)25-19/h1-11,23H,(H,21,24). The molecule has 0 spiro atoms. The van der Waals surface area contributed by atoms with E-state index >= 15 is 0 Å². The van der Waals surface area contributed by atoms with Gasteiger partial charge in [-0.2, -0.15) is 0 Å². The van der Waals surface area contributed by atoms with Crippen LogP contribution in [0.4, 0.5) is 5.69 Å². The summed E-state index contributed by atoms with van der Waals surface area (Å²) in [5, 5.41) is 13.9. The topological polar surface area (TPSA) is 75.1 Å². The van der Waals surface area contributed by atoms with Crippen LogP contribution in [-0.2, 0) is 0 Å². The zero-order valence-corrected chi connectivity index (χ0v) is 13.8. The third kappa shape index (κ3) is 3.07. The minimum absolute atomic E-state index is 0.0755. The monoisotopic (exact) mass is 347 g/mol. The van der Waals surface area contributed by atoms with Crippen LogP contribution >= 0.6 is 11.3 Å². The Morgan fingerprint density at radius 3 is 2.60 bits per heavy atom. The van der Waals surface area contributed by atoms with Crippen LogP contribution < -0.4 is 5.32 Å². The minimum atomic E-state index is -0.255. The van der Waals surface area contributed by atoms with Gasteiger partial charge in [0.05, 0.1) is 15.8 Å². The van der Waals surface area contributed by atoms with Gasteiger partial charge in [-0.25, -0.2) is 4.98 Å². The first-order valence-corrected chi connectivity index (χ1v) is 8.43. The first-order chi connectivity index (χ1) is 12.2. The van der Waals surface area contributed by atoms with Crippen molar-refractivity contribution in [3.8, 4) is 16.3 Å². The van der Waals surface area contributed by atoms with Gasteiger partial charge in [0.1, 0.15) is 10.8 Å². The second-order valence-corrected chi connectivity index (χ2v) is 6.44. The lowest BCUT2D eigenvalue weighted by Gasteiger charge is -2.07. The molecule has 0 bridgehead atoms. The van der Waals surface area contributed by atoms with Crippen molar-refractivity contribution in [1.29, 1.82) is 0 Å². The number of para-hydroxylation sites is 1. The second kappa shape index (κ2) is 6.33. The van der Waals surface area contributed by atoms with E-state index in [2.05, 4.69) is 15.3 Å². The third-order valence-electron chi connectivity index (χ3n) is 3.72. The van der Waals surface area contributed by atoms with Crippen LogP contribution in [0.15, 0.2) is 67.0 Å². The van der Waals surface area contributed by atoms with Crippen molar-refractivity contribution in [3.63, 3.8) is 0 Å². The van der Waals surface area contributed by atoms with Crippen molar-refractivity contribution in [1.82, 2.24) is 9.97 Å². The summed E-state index contributed by atoms with van der Waals surface area (Å²) in [6.07, 6.45) is 3.12. The summed E-state index contributed by atoms with van der Waals surface area (Å²) in [4.78, 5) is 20.6. The molecule has 2 heterocycles. The number of rotatable bonds is 3. The number of pyridine rings is 1. The SMILES string of the molecule is O=C(Nc1ccc(-c2nc3ccccc3s2)c(O)c1)c1ccncc1. The largest absolute Gasteiger partial charge is 0.507 e. The maximum absolute atomic E-state index is 12.2. The van der Waals surface area contributed by atoms with E-state index in [-0.39, 0.29) is 11.7 Å². The van der Waals surface area contributed by atoms with E-state index in [1.54, 1.807) is 36.7 Å². The summed E-state index contributed by atoms with van der Waals surface area (Å²) in [6.45, 7) is 0. The van der Waals surface area contributed by atoms with Crippen LogP contribution in [0.25, 0.3) is 20.8 Å². The maximum atomic E-state index is 12.2. The molecule has 2 aromatic carbocycles. The lowest BCUT2D eigenvalue weighted by molar-refractivity contribution is 0.102. The quantitative estimate of drug-likeness (QED) is 0.579. The molecule has 122 valence electrons. The molecule has 2 N–H and O–H groups in total. The Balaban J connectivity index is 1.61. The number of aromatic hydroxyl groups is 1. The number of aromatic nitrogens is 2. The molecule has 5 nitrogen and oxygen atoms in total. The summed E-state index contributed by atoms with van der Waals surface area (Å²) in [7, 11) is 0. The van der Waals surface area contributed by atoms with E-state index in [1.165, 1.54) is 17.4 Å². The molecule has 2 aromatic heterocycles. The highest BCUT2D eigenvalue weighted by Gasteiger charge is 2.12. The van der Waals surface area contributed by atoms with Crippen molar-refractivity contribution in [2.24, 2.45) is 0 Å². The van der Waals surface area contributed by atoms with Gasteiger partial charge in [-0.05, 0) is 36.4 Å². The van der Waals surface area contributed by atoms with Crippen molar-refractivity contribution in [2.45, 2.75) is 0 Å². The number of phenols is 1. The molecule has 4 rings (SSSR count). The zero-order valence-electron chi connectivity index (χ0n) is 13.0. The second-order valence-electron chi connectivity index (χ2n) is 5.41. The lowest BCUT2D eigenvalue weighted by Crippen LogP contribution is -2.11. The summed E-state index contributed by atoms with van der Waals surface area (Å²) in [6, 6.07) is 16.1. The highest BCUT2D eigenvalue weighted by Crippen LogP contribution is 2.36. The molecule has 0 aliphatic rings. The number of hydrogen-bond donors (Lipinski definition) is 2. The van der Waals surface area contributed by atoms with Crippen molar-refractivity contribution >= 4 is 33.1 Å². The van der Waals surface area contributed by atoms with E-state index in [0.29, 0.717) is 16.8 Å². The molecule has 0 aliphatic carbocycles. The summed E-state index contributed by atoms with van der Waals surface area (Å²) < 4.78 is 1.06. The molecule has 0 saturated carbocycles. The van der Waals surface area contributed by atoms with E-state index in [4.69, 9.17) is 0 Å². The van der Waals surface area contributed by atoms with Gasteiger partial charge in [-0.15, -0.1) is 11.3 Å². The Kier molecular flexibility index (Phi) is 3.87. The molecule has 25 heavy (non-hydrogen) atoms. The number of hydrogen-bond acceptors (Lipinski definition) is 5. The fourth-order valence-electron chi connectivity index (χ4n) is 2.48. The lowest BCUT2D eigenvalue weighted by atomic mass is 10.1. The Bertz CT molecular complexity index is 1030. The van der Waals surface area contributed by atoms with Crippen LogP contribution in [0, 0.1) is 0 Å². The fourth-order valence-corrected chi connectivity index (χ4v) is 3.48. The van der Waals surface area contributed by atoms with E-state index in [1.807, 2.05) is 24.3 Å². The number of carbonyl (C=O) groups excluding carboxylic acids is 1. The van der Waals surface area contributed by atoms with Gasteiger partial charge in [-0.3, -0.25) is 9.78 Å². The number of nitrogens with zero attached hydrogens (tertiary/aromatic N) is 2. The Hall–Kier alpha value is -3.25. The van der Waals surface area contributed by atoms with Gasteiger partial charge >= 0.3 is 0 Å². The smallest absolute Gasteiger partial charge is 0.255 e. The molecule has 0 fully saturated rings. The predicted octanol–water partition coefficient (Wildman–Crippen LogP) is 4.32. The highest BCUT2D eigenvalue weighted by atomic mass is 32.1. The Morgan fingerprint density at radius 1 is 1.04 bits per heavy atom. The average Bonchev–Trinajstić information content (AvgIpc) is 3.06. The average molecular weight is 347 g/mol. The van der Waals surface area contributed by atoms with Gasteiger partial charge in [0.2, 0.25) is 0 Å². The Morgan fingerprint density at radius 2 is 1.84 bits per heavy atom. The number of nitrogens with one attached hydrogen (secondary N) is 1. The molecule has 6 heteroatoms. The first kappa shape index (κ1) is 15.3. The minimum Gasteiger partial charge on any atom is -0.507 e. The third-order valence-corrected chi connectivity index (χ3v) is 4.79. The molecular formula is C19H13N3O2S. The maximum Gasteiger partial charge on any atom is 0.255 e. The van der Waals surface area contributed by atoms with Gasteiger partial charge in [0.15, 0.2) is 0 Å².